The molecule has 0 N–H and O–H groups in total. The summed E-state index contributed by atoms with van der Waals surface area (Å²) in [6.07, 6.45) is 10.8. The quantitative estimate of drug-likeness (QED) is 0.705. The standard InChI is InChI=1S/C14H14N2/c1-11-6-5-9-14-15-13(10-16(11)14)12-7-3-2-4-8-12/h2-3,5-7,9-10H,4,8H2,1H3. The second kappa shape index (κ2) is 3.63. The number of hydrogen-bond donors (Lipinski definition) is 0. The number of pyridine rings is 1. The van der Waals surface area contributed by atoms with E-state index in [1.807, 2.05) is 0 Å². The van der Waals surface area contributed by atoms with E-state index >= 15 is 0 Å². The molecule has 2 aromatic rings. The molecule has 0 spiro atoms. The van der Waals surface area contributed by atoms with Gasteiger partial charge < -0.3 is 4.40 Å². The summed E-state index contributed by atoms with van der Waals surface area (Å²) in [6.45, 7) is 2.10. The summed E-state index contributed by atoms with van der Waals surface area (Å²) in [6, 6.07) is 6.21. The highest BCUT2D eigenvalue weighted by molar-refractivity contribution is 5.67. The Balaban J connectivity index is 2.15. The van der Waals surface area contributed by atoms with E-state index in [2.05, 4.69) is 58.9 Å². The van der Waals surface area contributed by atoms with Crippen molar-refractivity contribution in [2.45, 2.75) is 19.8 Å². The molecule has 0 aliphatic heterocycles. The summed E-state index contributed by atoms with van der Waals surface area (Å²) >= 11 is 0. The molecule has 0 saturated heterocycles. The number of allylic oxidation sites excluding steroid dienone is 4. The minimum atomic E-state index is 1.03. The van der Waals surface area contributed by atoms with E-state index < -0.39 is 0 Å². The van der Waals surface area contributed by atoms with Crippen LogP contribution in [0.2, 0.25) is 0 Å². The Labute approximate surface area is 94.9 Å². The molecule has 2 aromatic heterocycles. The number of aryl methyl sites for hydroxylation is 1. The van der Waals surface area contributed by atoms with Crippen LogP contribution in [0.3, 0.4) is 0 Å². The SMILES string of the molecule is Cc1cccc2nc(C3=CC=CCC3)cn12. The van der Waals surface area contributed by atoms with E-state index in [0.29, 0.717) is 0 Å². The molecule has 0 saturated carbocycles. The van der Waals surface area contributed by atoms with Crippen LogP contribution >= 0.6 is 0 Å². The Morgan fingerprint density at radius 2 is 2.25 bits per heavy atom. The van der Waals surface area contributed by atoms with Crippen molar-refractivity contribution in [3.8, 4) is 0 Å². The Kier molecular flexibility index (Phi) is 2.13. The first-order valence-corrected chi connectivity index (χ1v) is 5.65. The maximum atomic E-state index is 4.66. The summed E-state index contributed by atoms with van der Waals surface area (Å²) in [5, 5.41) is 0. The lowest BCUT2D eigenvalue weighted by molar-refractivity contribution is 1.04. The van der Waals surface area contributed by atoms with E-state index in [0.717, 1.165) is 24.2 Å². The predicted molar refractivity (Wildman–Crippen MR) is 66.3 cm³/mol. The van der Waals surface area contributed by atoms with Gasteiger partial charge in [0, 0.05) is 11.9 Å². The summed E-state index contributed by atoms with van der Waals surface area (Å²) in [7, 11) is 0. The molecule has 0 amide bonds. The van der Waals surface area contributed by atoms with Crippen molar-refractivity contribution in [3.63, 3.8) is 0 Å². The number of imidazole rings is 1. The van der Waals surface area contributed by atoms with Gasteiger partial charge in [-0.1, -0.05) is 24.3 Å². The first-order chi connectivity index (χ1) is 7.84. The predicted octanol–water partition coefficient (Wildman–Crippen LogP) is 3.38. The highest BCUT2D eigenvalue weighted by atomic mass is 15.0. The molecule has 0 fully saturated rings. The van der Waals surface area contributed by atoms with Crippen molar-refractivity contribution in [2.75, 3.05) is 0 Å². The molecular formula is C14H14N2. The van der Waals surface area contributed by atoms with E-state index in [9.17, 15) is 0 Å². The van der Waals surface area contributed by atoms with Crippen LogP contribution in [0.15, 0.2) is 42.6 Å². The highest BCUT2D eigenvalue weighted by Gasteiger charge is 2.08. The van der Waals surface area contributed by atoms with Crippen molar-refractivity contribution in [1.29, 1.82) is 0 Å². The largest absolute Gasteiger partial charge is 0.304 e. The molecular weight excluding hydrogens is 196 g/mol. The third-order valence-corrected chi connectivity index (χ3v) is 3.04. The fourth-order valence-electron chi connectivity index (χ4n) is 2.12. The van der Waals surface area contributed by atoms with E-state index in [1.54, 1.807) is 0 Å². The van der Waals surface area contributed by atoms with Gasteiger partial charge in [0.1, 0.15) is 5.65 Å². The minimum absolute atomic E-state index is 1.03. The topological polar surface area (TPSA) is 17.3 Å². The smallest absolute Gasteiger partial charge is 0.137 e. The van der Waals surface area contributed by atoms with Gasteiger partial charge in [-0.2, -0.15) is 0 Å². The highest BCUT2D eigenvalue weighted by Crippen LogP contribution is 2.23. The number of rotatable bonds is 1. The average molecular weight is 210 g/mol. The van der Waals surface area contributed by atoms with Gasteiger partial charge in [-0.15, -0.1) is 0 Å². The van der Waals surface area contributed by atoms with Crippen LogP contribution in [0.1, 0.15) is 24.2 Å². The maximum absolute atomic E-state index is 4.66. The molecule has 2 heterocycles. The summed E-state index contributed by atoms with van der Waals surface area (Å²) in [5.74, 6) is 0. The van der Waals surface area contributed by atoms with Crippen molar-refractivity contribution in [2.24, 2.45) is 0 Å². The number of hydrogen-bond acceptors (Lipinski definition) is 1. The van der Waals surface area contributed by atoms with E-state index in [-0.39, 0.29) is 0 Å². The molecule has 0 unspecified atom stereocenters. The van der Waals surface area contributed by atoms with Crippen LogP contribution in [0, 0.1) is 6.92 Å². The third-order valence-electron chi connectivity index (χ3n) is 3.04. The van der Waals surface area contributed by atoms with Crippen LogP contribution in [-0.4, -0.2) is 9.38 Å². The molecule has 1 aliphatic rings. The maximum Gasteiger partial charge on any atom is 0.137 e. The first kappa shape index (κ1) is 9.40. The van der Waals surface area contributed by atoms with Crippen LogP contribution in [0.25, 0.3) is 11.2 Å². The molecule has 0 atom stereocenters. The number of aromatic nitrogens is 2. The van der Waals surface area contributed by atoms with Crippen LogP contribution in [0.5, 0.6) is 0 Å². The normalized spacial score (nSPS) is 15.4. The van der Waals surface area contributed by atoms with Crippen LogP contribution < -0.4 is 0 Å². The minimum Gasteiger partial charge on any atom is -0.304 e. The number of nitrogens with zero attached hydrogens (tertiary/aromatic N) is 2. The lowest BCUT2D eigenvalue weighted by Crippen LogP contribution is -1.88. The monoisotopic (exact) mass is 210 g/mol. The van der Waals surface area contributed by atoms with Gasteiger partial charge in [-0.25, -0.2) is 4.98 Å². The Bertz CT molecular complexity index is 588. The lowest BCUT2D eigenvalue weighted by atomic mass is 10.0. The van der Waals surface area contributed by atoms with Crippen molar-refractivity contribution in [1.82, 2.24) is 9.38 Å². The Morgan fingerprint density at radius 3 is 3.00 bits per heavy atom. The summed E-state index contributed by atoms with van der Waals surface area (Å²) in [4.78, 5) is 4.66. The second-order valence-corrected chi connectivity index (χ2v) is 4.18. The van der Waals surface area contributed by atoms with Gasteiger partial charge in [0.2, 0.25) is 0 Å². The zero-order chi connectivity index (χ0) is 11.0. The number of fused-ring (bicyclic) bond motifs is 1. The van der Waals surface area contributed by atoms with Gasteiger partial charge in [0.15, 0.2) is 0 Å². The Morgan fingerprint density at radius 1 is 1.31 bits per heavy atom. The summed E-state index contributed by atoms with van der Waals surface area (Å²) in [5.41, 5.74) is 4.71. The zero-order valence-electron chi connectivity index (χ0n) is 9.35. The van der Waals surface area contributed by atoms with Gasteiger partial charge >= 0.3 is 0 Å². The third kappa shape index (κ3) is 1.47. The average Bonchev–Trinajstić information content (AvgIpc) is 2.76. The first-order valence-electron chi connectivity index (χ1n) is 5.65. The Hall–Kier alpha value is -1.83. The van der Waals surface area contributed by atoms with Gasteiger partial charge in [-0.05, 0) is 37.5 Å². The van der Waals surface area contributed by atoms with Gasteiger partial charge in [-0.3, -0.25) is 0 Å². The molecule has 3 rings (SSSR count). The fourth-order valence-corrected chi connectivity index (χ4v) is 2.12. The van der Waals surface area contributed by atoms with Crippen LogP contribution in [0.4, 0.5) is 0 Å². The molecule has 80 valence electrons. The molecule has 2 heteroatoms. The van der Waals surface area contributed by atoms with Crippen LogP contribution in [-0.2, 0) is 0 Å². The van der Waals surface area contributed by atoms with Crippen molar-refractivity contribution < 1.29 is 0 Å². The zero-order valence-corrected chi connectivity index (χ0v) is 9.35. The molecule has 0 radical (unpaired) electrons. The molecule has 1 aliphatic carbocycles. The van der Waals surface area contributed by atoms with Gasteiger partial charge in [0.05, 0.1) is 5.69 Å². The second-order valence-electron chi connectivity index (χ2n) is 4.18. The molecule has 0 bridgehead atoms. The fraction of sp³-hybridized carbons (Fsp3) is 0.214. The van der Waals surface area contributed by atoms with Crippen molar-refractivity contribution in [3.05, 3.63) is 54.0 Å². The van der Waals surface area contributed by atoms with E-state index in [1.165, 1.54) is 11.3 Å². The molecule has 0 aromatic carbocycles. The van der Waals surface area contributed by atoms with Gasteiger partial charge in [0.25, 0.3) is 0 Å². The van der Waals surface area contributed by atoms with Crippen molar-refractivity contribution >= 4 is 11.2 Å². The van der Waals surface area contributed by atoms with E-state index in [4.69, 9.17) is 0 Å². The summed E-state index contributed by atoms with van der Waals surface area (Å²) < 4.78 is 2.15. The molecule has 2 nitrogen and oxygen atoms in total. The lowest BCUT2D eigenvalue weighted by Gasteiger charge is -2.04. The molecule has 16 heavy (non-hydrogen) atoms.